The molecular formula is C14H21N3O4. The van der Waals surface area contributed by atoms with Crippen molar-refractivity contribution in [3.8, 4) is 5.88 Å². The summed E-state index contributed by atoms with van der Waals surface area (Å²) >= 11 is 0. The molecule has 0 aromatic carbocycles. The topological polar surface area (TPSA) is 109 Å². The van der Waals surface area contributed by atoms with Crippen LogP contribution in [-0.2, 0) is 4.74 Å². The molecule has 1 aromatic rings. The molecule has 0 spiro atoms. The van der Waals surface area contributed by atoms with Crippen LogP contribution in [0.15, 0.2) is 16.9 Å². The van der Waals surface area contributed by atoms with Crippen molar-refractivity contribution in [2.24, 2.45) is 5.73 Å². The third-order valence-corrected chi connectivity index (χ3v) is 3.51. The first-order valence-electron chi connectivity index (χ1n) is 7.14. The summed E-state index contributed by atoms with van der Waals surface area (Å²) in [5.41, 5.74) is 5.13. The number of ether oxygens (including phenoxy) is 1. The van der Waals surface area contributed by atoms with E-state index in [4.69, 9.17) is 10.5 Å². The number of piperidine rings is 1. The number of amides is 1. The summed E-state index contributed by atoms with van der Waals surface area (Å²) < 4.78 is 5.68. The van der Waals surface area contributed by atoms with Crippen LogP contribution in [0, 0.1) is 0 Å². The molecular weight excluding hydrogens is 274 g/mol. The van der Waals surface area contributed by atoms with E-state index in [-0.39, 0.29) is 23.5 Å². The monoisotopic (exact) mass is 295 g/mol. The highest BCUT2D eigenvalue weighted by molar-refractivity contribution is 5.94. The molecule has 0 saturated carbocycles. The Labute approximate surface area is 122 Å². The van der Waals surface area contributed by atoms with Gasteiger partial charge in [0.1, 0.15) is 0 Å². The highest BCUT2D eigenvalue weighted by Gasteiger charge is 2.24. The maximum atomic E-state index is 12.3. The second-order valence-corrected chi connectivity index (χ2v) is 5.12. The van der Waals surface area contributed by atoms with Gasteiger partial charge < -0.3 is 20.5 Å². The zero-order valence-electron chi connectivity index (χ0n) is 11.9. The number of carbonyl (C=O) groups is 1. The number of likely N-dealkylation sites (tertiary alicyclic amines) is 1. The van der Waals surface area contributed by atoms with Gasteiger partial charge in [0.05, 0.1) is 11.7 Å². The van der Waals surface area contributed by atoms with E-state index in [2.05, 4.69) is 4.98 Å². The molecule has 116 valence electrons. The summed E-state index contributed by atoms with van der Waals surface area (Å²) in [7, 11) is 0. The predicted molar refractivity (Wildman–Crippen MR) is 77.3 cm³/mol. The minimum absolute atomic E-state index is 0.160. The molecule has 0 atom stereocenters. The summed E-state index contributed by atoms with van der Waals surface area (Å²) in [4.78, 5) is 27.4. The molecule has 21 heavy (non-hydrogen) atoms. The van der Waals surface area contributed by atoms with E-state index in [0.29, 0.717) is 26.2 Å². The van der Waals surface area contributed by atoms with Crippen LogP contribution in [0.1, 0.15) is 29.6 Å². The van der Waals surface area contributed by atoms with Crippen molar-refractivity contribution in [2.45, 2.75) is 25.4 Å². The second kappa shape index (κ2) is 7.24. The first-order chi connectivity index (χ1) is 10.1. The molecule has 1 aromatic heterocycles. The molecule has 4 N–H and O–H groups in total. The van der Waals surface area contributed by atoms with Gasteiger partial charge in [-0.05, 0) is 25.8 Å². The number of carbonyl (C=O) groups excluding carboxylic acids is 1. The van der Waals surface area contributed by atoms with Crippen LogP contribution in [0.3, 0.4) is 0 Å². The molecule has 1 aliphatic heterocycles. The minimum Gasteiger partial charge on any atom is -0.494 e. The fourth-order valence-corrected chi connectivity index (χ4v) is 2.39. The average molecular weight is 295 g/mol. The molecule has 7 heteroatoms. The average Bonchev–Trinajstić information content (AvgIpc) is 2.46. The lowest BCUT2D eigenvalue weighted by Gasteiger charge is -2.32. The van der Waals surface area contributed by atoms with Crippen LogP contribution in [0.5, 0.6) is 5.88 Å². The van der Waals surface area contributed by atoms with Crippen LogP contribution in [0.25, 0.3) is 0 Å². The van der Waals surface area contributed by atoms with Crippen molar-refractivity contribution in [2.75, 3.05) is 26.2 Å². The molecule has 2 heterocycles. The van der Waals surface area contributed by atoms with Gasteiger partial charge in [-0.1, -0.05) is 0 Å². The highest BCUT2D eigenvalue weighted by atomic mass is 16.5. The van der Waals surface area contributed by atoms with Gasteiger partial charge in [-0.3, -0.25) is 14.6 Å². The first-order valence-corrected chi connectivity index (χ1v) is 7.14. The fourth-order valence-electron chi connectivity index (χ4n) is 2.39. The Bertz CT molecular complexity index is 535. The van der Waals surface area contributed by atoms with E-state index < -0.39 is 5.56 Å². The molecule has 1 fully saturated rings. The summed E-state index contributed by atoms with van der Waals surface area (Å²) in [5.74, 6) is -0.539. The van der Waals surface area contributed by atoms with Crippen molar-refractivity contribution in [1.29, 1.82) is 0 Å². The lowest BCUT2D eigenvalue weighted by molar-refractivity contribution is 0.00843. The Kier molecular flexibility index (Phi) is 5.35. The predicted octanol–water partition coefficient (Wildman–Crippen LogP) is 0.0505. The van der Waals surface area contributed by atoms with Crippen molar-refractivity contribution in [1.82, 2.24) is 9.88 Å². The fraction of sp³-hybridized carbons (Fsp3) is 0.571. The molecule has 0 bridgehead atoms. The van der Waals surface area contributed by atoms with Crippen LogP contribution in [0.4, 0.5) is 0 Å². The van der Waals surface area contributed by atoms with Gasteiger partial charge in [-0.15, -0.1) is 0 Å². The van der Waals surface area contributed by atoms with E-state index in [1.165, 1.54) is 12.1 Å². The standard InChI is InChI=1S/C14H21N3O4/c15-4-1-7-21-11-2-5-17(6-3-11)14(20)10-8-12(18)16-13(19)9-10/h8-9,11H,1-7,15H2,(H2,16,18,19). The number of hydrogen-bond acceptors (Lipinski definition) is 5. The van der Waals surface area contributed by atoms with Crippen LogP contribution in [0.2, 0.25) is 0 Å². The zero-order valence-corrected chi connectivity index (χ0v) is 11.9. The minimum atomic E-state index is -0.488. The normalized spacial score (nSPS) is 16.1. The van der Waals surface area contributed by atoms with Gasteiger partial charge in [-0.2, -0.15) is 0 Å². The molecule has 7 nitrogen and oxygen atoms in total. The zero-order chi connectivity index (χ0) is 15.2. The lowest BCUT2D eigenvalue weighted by atomic mass is 10.1. The number of aromatic hydroxyl groups is 1. The Hall–Kier alpha value is -1.86. The van der Waals surface area contributed by atoms with Crippen LogP contribution >= 0.6 is 0 Å². The first kappa shape index (κ1) is 15.5. The number of hydrogen-bond donors (Lipinski definition) is 3. The summed E-state index contributed by atoms with van der Waals surface area (Å²) in [6.45, 7) is 2.43. The van der Waals surface area contributed by atoms with Gasteiger partial charge in [0.25, 0.3) is 11.5 Å². The number of nitrogens with one attached hydrogen (secondary N) is 1. The molecule has 0 radical (unpaired) electrons. The SMILES string of the molecule is NCCCOC1CCN(C(=O)c2cc(O)[nH]c(=O)c2)CC1. The number of nitrogens with two attached hydrogens (primary N) is 1. The third-order valence-electron chi connectivity index (χ3n) is 3.51. The second-order valence-electron chi connectivity index (χ2n) is 5.12. The van der Waals surface area contributed by atoms with E-state index in [9.17, 15) is 14.7 Å². The van der Waals surface area contributed by atoms with Crippen molar-refractivity contribution in [3.05, 3.63) is 28.0 Å². The lowest BCUT2D eigenvalue weighted by Crippen LogP contribution is -2.41. The van der Waals surface area contributed by atoms with E-state index in [1.807, 2.05) is 0 Å². The van der Waals surface area contributed by atoms with Gasteiger partial charge in [0, 0.05) is 31.8 Å². The van der Waals surface area contributed by atoms with Crippen LogP contribution in [-0.4, -0.2) is 53.2 Å². The number of nitrogens with zero attached hydrogens (tertiary/aromatic N) is 1. The van der Waals surface area contributed by atoms with Crippen molar-refractivity contribution in [3.63, 3.8) is 0 Å². The van der Waals surface area contributed by atoms with Crippen molar-refractivity contribution >= 4 is 5.91 Å². The van der Waals surface area contributed by atoms with Gasteiger partial charge >= 0.3 is 0 Å². The molecule has 1 saturated heterocycles. The Balaban J connectivity index is 1.89. The number of pyridine rings is 1. The number of rotatable bonds is 5. The van der Waals surface area contributed by atoms with Crippen molar-refractivity contribution < 1.29 is 14.6 Å². The highest BCUT2D eigenvalue weighted by Crippen LogP contribution is 2.17. The quantitative estimate of drug-likeness (QED) is 0.665. The van der Waals surface area contributed by atoms with E-state index in [0.717, 1.165) is 19.3 Å². The maximum absolute atomic E-state index is 12.3. The van der Waals surface area contributed by atoms with E-state index >= 15 is 0 Å². The maximum Gasteiger partial charge on any atom is 0.254 e. The van der Waals surface area contributed by atoms with Gasteiger partial charge in [0.15, 0.2) is 5.88 Å². The molecule has 0 aliphatic carbocycles. The number of H-pyrrole nitrogens is 1. The molecule has 0 unspecified atom stereocenters. The summed E-state index contributed by atoms with van der Waals surface area (Å²) in [5, 5.41) is 9.35. The smallest absolute Gasteiger partial charge is 0.254 e. The largest absolute Gasteiger partial charge is 0.494 e. The summed E-state index contributed by atoms with van der Waals surface area (Å²) in [6.07, 6.45) is 2.54. The number of aromatic nitrogens is 1. The summed E-state index contributed by atoms with van der Waals surface area (Å²) in [6, 6.07) is 2.47. The Morgan fingerprint density at radius 2 is 2.14 bits per heavy atom. The van der Waals surface area contributed by atoms with Gasteiger partial charge in [0.2, 0.25) is 0 Å². The third kappa shape index (κ3) is 4.30. The number of aromatic amines is 1. The van der Waals surface area contributed by atoms with Crippen LogP contribution < -0.4 is 11.3 Å². The van der Waals surface area contributed by atoms with Gasteiger partial charge in [-0.25, -0.2) is 0 Å². The Morgan fingerprint density at radius 3 is 2.76 bits per heavy atom. The molecule has 2 rings (SSSR count). The molecule has 1 amide bonds. The van der Waals surface area contributed by atoms with E-state index in [1.54, 1.807) is 4.90 Å². The Morgan fingerprint density at radius 1 is 1.43 bits per heavy atom. The molecule has 1 aliphatic rings.